The summed E-state index contributed by atoms with van der Waals surface area (Å²) in [6.07, 6.45) is 0. The maximum atomic E-state index is 12.8. The number of rotatable bonds is 3. The Bertz CT molecular complexity index is 1070. The van der Waals surface area contributed by atoms with Crippen LogP contribution in [0.25, 0.3) is 5.76 Å². The summed E-state index contributed by atoms with van der Waals surface area (Å²) in [7, 11) is -2.79. The van der Waals surface area contributed by atoms with Crippen molar-refractivity contribution in [2.75, 3.05) is 13.7 Å². The topological polar surface area (TPSA) is 101 Å². The Labute approximate surface area is 156 Å². The fraction of sp³-hybridized carbons (Fsp3) is 0.158. The predicted octanol–water partition coefficient (Wildman–Crippen LogP) is 2.61. The summed E-state index contributed by atoms with van der Waals surface area (Å²) >= 11 is 0. The zero-order valence-electron chi connectivity index (χ0n) is 14.7. The number of hydrogen-bond acceptors (Lipinski definition) is 6. The summed E-state index contributed by atoms with van der Waals surface area (Å²) in [6.45, 7) is 1.85. The number of esters is 1. The van der Waals surface area contributed by atoms with Gasteiger partial charge in [0, 0.05) is 18.2 Å². The molecule has 2 aromatic rings. The van der Waals surface area contributed by atoms with Crippen LogP contribution in [0, 0.1) is 0 Å². The number of Topliss-reactive ketones (excluding diaryl/α,β-unsaturated/α-hetero) is 1. The lowest BCUT2D eigenvalue weighted by atomic mass is 10.0. The summed E-state index contributed by atoms with van der Waals surface area (Å²) in [4.78, 5) is 24.6. The third-order valence-corrected chi connectivity index (χ3v) is 5.99. The van der Waals surface area contributed by atoms with Gasteiger partial charge in [0.05, 0.1) is 17.1 Å². The number of hydrogen-bond donors (Lipinski definition) is 1. The zero-order valence-corrected chi connectivity index (χ0v) is 15.5. The Kier molecular flexibility index (Phi) is 4.75. The van der Waals surface area contributed by atoms with Crippen LogP contribution >= 0.6 is 0 Å². The number of benzene rings is 2. The van der Waals surface area contributed by atoms with E-state index in [-0.39, 0.29) is 33.9 Å². The SMILES string of the molecule is CCOC(=O)c1cccc(/C(O)=C2/C(=O)c3ccccc3S(=O)(=O)N2C)c1. The number of ketones is 1. The normalized spacial score (nSPS) is 17.3. The Balaban J connectivity index is 2.17. The Morgan fingerprint density at radius 2 is 1.78 bits per heavy atom. The van der Waals surface area contributed by atoms with E-state index >= 15 is 0 Å². The lowest BCUT2D eigenvalue weighted by Gasteiger charge is -2.28. The van der Waals surface area contributed by atoms with E-state index in [1.165, 1.54) is 49.5 Å². The van der Waals surface area contributed by atoms with Crippen LogP contribution in [0.15, 0.2) is 59.1 Å². The van der Waals surface area contributed by atoms with Gasteiger partial charge in [0.1, 0.15) is 5.70 Å². The molecule has 0 spiro atoms. The van der Waals surface area contributed by atoms with Crippen LogP contribution in [0.1, 0.15) is 33.2 Å². The average Bonchev–Trinajstić information content (AvgIpc) is 2.67. The van der Waals surface area contributed by atoms with Gasteiger partial charge in [0.2, 0.25) is 5.78 Å². The molecule has 27 heavy (non-hydrogen) atoms. The van der Waals surface area contributed by atoms with E-state index in [0.29, 0.717) is 0 Å². The van der Waals surface area contributed by atoms with Crippen LogP contribution in [0.4, 0.5) is 0 Å². The van der Waals surface area contributed by atoms with E-state index in [4.69, 9.17) is 4.74 Å². The third kappa shape index (κ3) is 3.08. The van der Waals surface area contributed by atoms with E-state index in [1.54, 1.807) is 13.0 Å². The second-order valence-electron chi connectivity index (χ2n) is 5.80. The lowest BCUT2D eigenvalue weighted by Crippen LogP contribution is -2.37. The van der Waals surface area contributed by atoms with Crippen molar-refractivity contribution >= 4 is 27.5 Å². The molecule has 1 aliphatic rings. The molecular formula is C19H17NO6S. The molecule has 0 saturated carbocycles. The van der Waals surface area contributed by atoms with Gasteiger partial charge in [-0.25, -0.2) is 13.2 Å². The van der Waals surface area contributed by atoms with E-state index < -0.39 is 27.5 Å². The van der Waals surface area contributed by atoms with Crippen LogP contribution < -0.4 is 0 Å². The molecule has 0 unspecified atom stereocenters. The molecule has 8 heteroatoms. The second-order valence-corrected chi connectivity index (χ2v) is 7.73. The zero-order chi connectivity index (χ0) is 19.8. The Morgan fingerprint density at radius 1 is 1.11 bits per heavy atom. The molecule has 140 valence electrons. The number of carbonyl (C=O) groups excluding carboxylic acids is 2. The summed E-state index contributed by atoms with van der Waals surface area (Å²) < 4.78 is 31.1. The first-order valence-corrected chi connectivity index (χ1v) is 9.56. The van der Waals surface area contributed by atoms with Gasteiger partial charge in [-0.3, -0.25) is 9.10 Å². The first-order chi connectivity index (χ1) is 12.8. The maximum Gasteiger partial charge on any atom is 0.338 e. The van der Waals surface area contributed by atoms with Gasteiger partial charge in [0.25, 0.3) is 10.0 Å². The third-order valence-electron chi connectivity index (χ3n) is 4.17. The molecule has 0 fully saturated rings. The van der Waals surface area contributed by atoms with Crippen LogP contribution in [-0.2, 0) is 14.8 Å². The van der Waals surface area contributed by atoms with Gasteiger partial charge in [-0.15, -0.1) is 0 Å². The summed E-state index contributed by atoms with van der Waals surface area (Å²) in [6, 6.07) is 11.6. The van der Waals surface area contributed by atoms with E-state index in [0.717, 1.165) is 4.31 Å². The fourth-order valence-electron chi connectivity index (χ4n) is 2.82. The van der Waals surface area contributed by atoms with E-state index in [1.807, 2.05) is 0 Å². The maximum absolute atomic E-state index is 12.8. The molecule has 7 nitrogen and oxygen atoms in total. The summed E-state index contributed by atoms with van der Waals surface area (Å²) in [5, 5.41) is 10.7. The number of nitrogens with zero attached hydrogens (tertiary/aromatic N) is 1. The van der Waals surface area contributed by atoms with E-state index in [2.05, 4.69) is 0 Å². The van der Waals surface area contributed by atoms with Crippen molar-refractivity contribution in [3.8, 4) is 0 Å². The molecule has 3 rings (SSSR count). The van der Waals surface area contributed by atoms with Crippen molar-refractivity contribution in [3.63, 3.8) is 0 Å². The minimum Gasteiger partial charge on any atom is -0.505 e. The number of sulfonamides is 1. The van der Waals surface area contributed by atoms with Crippen LogP contribution in [-0.4, -0.2) is 43.2 Å². The van der Waals surface area contributed by atoms with E-state index in [9.17, 15) is 23.1 Å². The molecule has 0 saturated heterocycles. The largest absolute Gasteiger partial charge is 0.505 e. The number of likely N-dealkylation sites (N-methyl/N-ethyl adjacent to an activating group) is 1. The number of aliphatic hydroxyl groups is 1. The molecule has 1 aliphatic heterocycles. The van der Waals surface area contributed by atoms with Crippen molar-refractivity contribution in [1.82, 2.24) is 4.31 Å². The van der Waals surface area contributed by atoms with Gasteiger partial charge in [-0.1, -0.05) is 24.3 Å². The Hall–Kier alpha value is -3.13. The molecule has 1 N–H and O–H groups in total. The fourth-order valence-corrected chi connectivity index (χ4v) is 4.21. The van der Waals surface area contributed by atoms with Crippen molar-refractivity contribution in [3.05, 3.63) is 70.9 Å². The highest BCUT2D eigenvalue weighted by molar-refractivity contribution is 7.89. The molecule has 0 atom stereocenters. The van der Waals surface area contributed by atoms with Gasteiger partial charge < -0.3 is 9.84 Å². The van der Waals surface area contributed by atoms with Crippen LogP contribution in [0.3, 0.4) is 0 Å². The predicted molar refractivity (Wildman–Crippen MR) is 97.7 cm³/mol. The molecule has 1 heterocycles. The molecule has 0 aromatic heterocycles. The van der Waals surface area contributed by atoms with Crippen LogP contribution in [0.2, 0.25) is 0 Å². The second kappa shape index (κ2) is 6.88. The van der Waals surface area contributed by atoms with Gasteiger partial charge in [-0.2, -0.15) is 0 Å². The number of aliphatic hydroxyl groups excluding tert-OH is 1. The number of carbonyl (C=O) groups is 2. The minimum absolute atomic E-state index is 0.0151. The van der Waals surface area contributed by atoms with Crippen LogP contribution in [0.5, 0.6) is 0 Å². The van der Waals surface area contributed by atoms with Crippen molar-refractivity contribution < 1.29 is 27.9 Å². The molecule has 0 amide bonds. The first kappa shape index (κ1) is 18.7. The quantitative estimate of drug-likeness (QED) is 0.494. The van der Waals surface area contributed by atoms with Crippen molar-refractivity contribution in [2.45, 2.75) is 11.8 Å². The highest BCUT2D eigenvalue weighted by atomic mass is 32.2. The lowest BCUT2D eigenvalue weighted by molar-refractivity contribution is 0.0526. The highest BCUT2D eigenvalue weighted by Gasteiger charge is 2.39. The number of allylic oxidation sites excluding steroid dienone is 1. The molecule has 0 radical (unpaired) electrons. The molecule has 0 bridgehead atoms. The highest BCUT2D eigenvalue weighted by Crippen LogP contribution is 2.34. The summed E-state index contributed by atoms with van der Waals surface area (Å²) in [5.74, 6) is -1.74. The molecule has 2 aromatic carbocycles. The number of ether oxygens (including phenoxy) is 1. The minimum atomic E-state index is -3.99. The van der Waals surface area contributed by atoms with Gasteiger partial charge in [0.15, 0.2) is 5.76 Å². The first-order valence-electron chi connectivity index (χ1n) is 8.12. The monoisotopic (exact) mass is 387 g/mol. The van der Waals surface area contributed by atoms with Gasteiger partial charge >= 0.3 is 5.97 Å². The van der Waals surface area contributed by atoms with Crippen molar-refractivity contribution in [2.24, 2.45) is 0 Å². The Morgan fingerprint density at radius 3 is 2.48 bits per heavy atom. The standard InChI is InChI=1S/C19H17NO6S/c1-3-26-19(23)13-8-6-7-12(11-13)17(21)16-18(22)14-9-4-5-10-15(14)27(24,25)20(16)2/h4-11,21H,3H2,1-2H3/b17-16+. The van der Waals surface area contributed by atoms with Crippen molar-refractivity contribution in [1.29, 1.82) is 0 Å². The summed E-state index contributed by atoms with van der Waals surface area (Å²) in [5.41, 5.74) is -0.0885. The smallest absolute Gasteiger partial charge is 0.338 e. The molecule has 0 aliphatic carbocycles. The number of fused-ring (bicyclic) bond motifs is 1. The average molecular weight is 387 g/mol. The van der Waals surface area contributed by atoms with Gasteiger partial charge in [-0.05, 0) is 31.2 Å². The molecular weight excluding hydrogens is 370 g/mol.